The Morgan fingerprint density at radius 3 is 3.06 bits per heavy atom. The molecule has 0 spiro atoms. The monoisotopic (exact) mass is 218 g/mol. The first-order valence-electron chi connectivity index (χ1n) is 5.48. The second-order valence-corrected chi connectivity index (χ2v) is 3.70. The molecule has 2 rings (SSSR count). The highest BCUT2D eigenvalue weighted by Crippen LogP contribution is 2.21. The Morgan fingerprint density at radius 2 is 2.44 bits per heavy atom. The van der Waals surface area contributed by atoms with Crippen LogP contribution in [0.5, 0.6) is 0 Å². The van der Waals surface area contributed by atoms with Crippen LogP contribution in [-0.4, -0.2) is 17.9 Å². The van der Waals surface area contributed by atoms with Crippen molar-refractivity contribution >= 4 is 0 Å². The number of hydrogen-bond donors (Lipinski definition) is 0. The van der Waals surface area contributed by atoms with Crippen LogP contribution < -0.4 is 0 Å². The number of rotatable bonds is 3. The van der Waals surface area contributed by atoms with E-state index in [4.69, 9.17) is 14.7 Å². The molecule has 4 nitrogen and oxygen atoms in total. The summed E-state index contributed by atoms with van der Waals surface area (Å²) in [7, 11) is 0. The largest absolute Gasteiger partial charge is 0.353 e. The quantitative estimate of drug-likeness (QED) is 0.780. The molecule has 2 unspecified atom stereocenters. The van der Waals surface area contributed by atoms with Crippen LogP contribution in [0.15, 0.2) is 24.4 Å². The van der Waals surface area contributed by atoms with E-state index in [2.05, 4.69) is 11.1 Å². The average Bonchev–Trinajstić information content (AvgIpc) is 2.38. The highest BCUT2D eigenvalue weighted by Gasteiger charge is 2.21. The van der Waals surface area contributed by atoms with E-state index in [0.29, 0.717) is 12.3 Å². The van der Waals surface area contributed by atoms with E-state index in [9.17, 15) is 0 Å². The van der Waals surface area contributed by atoms with Crippen molar-refractivity contribution in [2.24, 2.45) is 0 Å². The van der Waals surface area contributed by atoms with Crippen molar-refractivity contribution in [2.45, 2.75) is 31.7 Å². The highest BCUT2D eigenvalue weighted by atomic mass is 16.7. The zero-order chi connectivity index (χ0) is 11.2. The lowest BCUT2D eigenvalue weighted by Gasteiger charge is -2.24. The lowest BCUT2D eigenvalue weighted by Crippen LogP contribution is -2.24. The molecule has 0 aromatic carbocycles. The van der Waals surface area contributed by atoms with Gasteiger partial charge in [0.25, 0.3) is 0 Å². The molecule has 84 valence electrons. The number of ether oxygens (including phenoxy) is 2. The molecule has 16 heavy (non-hydrogen) atoms. The van der Waals surface area contributed by atoms with Crippen molar-refractivity contribution in [3.05, 3.63) is 30.1 Å². The van der Waals surface area contributed by atoms with Crippen LogP contribution in [0.3, 0.4) is 0 Å². The maximum Gasteiger partial charge on any atom is 0.188 e. The summed E-state index contributed by atoms with van der Waals surface area (Å²) in [6, 6.07) is 7.55. The number of nitrogens with zero attached hydrogens (tertiary/aromatic N) is 2. The van der Waals surface area contributed by atoms with Gasteiger partial charge in [0.2, 0.25) is 0 Å². The number of hydrogen-bond acceptors (Lipinski definition) is 4. The zero-order valence-corrected chi connectivity index (χ0v) is 9.00. The maximum atomic E-state index is 9.04. The number of pyridine rings is 1. The topological polar surface area (TPSA) is 55.1 Å². The number of nitriles is 1. The molecule has 4 heteroatoms. The van der Waals surface area contributed by atoms with Gasteiger partial charge in [-0.2, -0.15) is 5.26 Å². The first-order chi connectivity index (χ1) is 7.90. The molecule has 0 aliphatic carbocycles. The second-order valence-electron chi connectivity index (χ2n) is 3.70. The SMILES string of the molecule is N#CC(OC1CCCCO1)c1ccccn1. The van der Waals surface area contributed by atoms with E-state index in [0.717, 1.165) is 19.3 Å². The van der Waals surface area contributed by atoms with E-state index in [1.54, 1.807) is 12.3 Å². The molecule has 1 aromatic heterocycles. The standard InChI is InChI=1S/C12H14N2O2/c13-9-11(10-5-1-3-7-14-10)16-12-6-2-4-8-15-12/h1,3,5,7,11-12H,2,4,6,8H2. The van der Waals surface area contributed by atoms with Gasteiger partial charge in [0, 0.05) is 12.8 Å². The van der Waals surface area contributed by atoms with Crippen molar-refractivity contribution in [2.75, 3.05) is 6.61 Å². The van der Waals surface area contributed by atoms with Gasteiger partial charge in [-0.25, -0.2) is 0 Å². The molecule has 0 amide bonds. The summed E-state index contributed by atoms with van der Waals surface area (Å²) >= 11 is 0. The molecule has 1 fully saturated rings. The van der Waals surface area contributed by atoms with Crippen LogP contribution in [0.2, 0.25) is 0 Å². The molecule has 1 aromatic rings. The molecule has 2 heterocycles. The molecule has 1 aliphatic rings. The lowest BCUT2D eigenvalue weighted by atomic mass is 10.2. The van der Waals surface area contributed by atoms with Crippen LogP contribution in [0.1, 0.15) is 31.1 Å². The van der Waals surface area contributed by atoms with Gasteiger partial charge < -0.3 is 9.47 Å². The fraction of sp³-hybridized carbons (Fsp3) is 0.500. The van der Waals surface area contributed by atoms with Gasteiger partial charge in [-0.3, -0.25) is 4.98 Å². The zero-order valence-electron chi connectivity index (χ0n) is 9.00. The van der Waals surface area contributed by atoms with Crippen molar-refractivity contribution in [1.29, 1.82) is 5.26 Å². The third-order valence-electron chi connectivity index (χ3n) is 2.50. The predicted octanol–water partition coefficient (Wildman–Crippen LogP) is 2.19. The molecule has 0 bridgehead atoms. The maximum absolute atomic E-state index is 9.04. The molecular weight excluding hydrogens is 204 g/mol. The summed E-state index contributed by atoms with van der Waals surface area (Å²) in [4.78, 5) is 4.11. The van der Waals surface area contributed by atoms with Crippen LogP contribution in [0, 0.1) is 11.3 Å². The van der Waals surface area contributed by atoms with Gasteiger partial charge in [0.05, 0.1) is 5.69 Å². The van der Waals surface area contributed by atoms with Crippen molar-refractivity contribution in [3.8, 4) is 6.07 Å². The second kappa shape index (κ2) is 5.59. The van der Waals surface area contributed by atoms with Gasteiger partial charge in [0.1, 0.15) is 6.07 Å². The van der Waals surface area contributed by atoms with Gasteiger partial charge in [-0.1, -0.05) is 6.07 Å². The van der Waals surface area contributed by atoms with Crippen molar-refractivity contribution < 1.29 is 9.47 Å². The van der Waals surface area contributed by atoms with E-state index in [1.807, 2.05) is 12.1 Å². The third kappa shape index (κ3) is 2.78. The summed E-state index contributed by atoms with van der Waals surface area (Å²) in [5.41, 5.74) is 0.638. The lowest BCUT2D eigenvalue weighted by molar-refractivity contribution is -0.179. The molecule has 0 saturated carbocycles. The van der Waals surface area contributed by atoms with Crippen LogP contribution in [-0.2, 0) is 9.47 Å². The van der Waals surface area contributed by atoms with E-state index < -0.39 is 6.10 Å². The molecule has 2 atom stereocenters. The van der Waals surface area contributed by atoms with Crippen LogP contribution >= 0.6 is 0 Å². The predicted molar refractivity (Wildman–Crippen MR) is 57.3 cm³/mol. The van der Waals surface area contributed by atoms with E-state index >= 15 is 0 Å². The molecule has 1 aliphatic heterocycles. The first kappa shape index (κ1) is 11.1. The van der Waals surface area contributed by atoms with Crippen LogP contribution in [0.4, 0.5) is 0 Å². The Labute approximate surface area is 94.8 Å². The average molecular weight is 218 g/mol. The van der Waals surface area contributed by atoms with Gasteiger partial charge in [-0.15, -0.1) is 0 Å². The van der Waals surface area contributed by atoms with Gasteiger partial charge in [-0.05, 0) is 31.4 Å². The Hall–Kier alpha value is -1.44. The molecule has 1 saturated heterocycles. The Balaban J connectivity index is 1.98. The van der Waals surface area contributed by atoms with E-state index in [-0.39, 0.29) is 6.29 Å². The fourth-order valence-corrected chi connectivity index (χ4v) is 1.67. The summed E-state index contributed by atoms with van der Waals surface area (Å²) in [6.07, 6.45) is 3.77. The molecular formula is C12H14N2O2. The van der Waals surface area contributed by atoms with Crippen molar-refractivity contribution in [1.82, 2.24) is 4.98 Å². The fourth-order valence-electron chi connectivity index (χ4n) is 1.67. The summed E-state index contributed by atoms with van der Waals surface area (Å²) in [5, 5.41) is 9.04. The minimum Gasteiger partial charge on any atom is -0.353 e. The van der Waals surface area contributed by atoms with Crippen LogP contribution in [0.25, 0.3) is 0 Å². The summed E-state index contributed by atoms with van der Waals surface area (Å²) in [6.45, 7) is 0.713. The van der Waals surface area contributed by atoms with Gasteiger partial charge in [0.15, 0.2) is 12.4 Å². The number of aromatic nitrogens is 1. The Morgan fingerprint density at radius 1 is 1.50 bits per heavy atom. The smallest absolute Gasteiger partial charge is 0.188 e. The Kier molecular flexibility index (Phi) is 3.86. The molecule has 0 radical (unpaired) electrons. The molecule has 0 N–H and O–H groups in total. The normalized spacial score (nSPS) is 22.3. The van der Waals surface area contributed by atoms with Crippen molar-refractivity contribution in [3.63, 3.8) is 0 Å². The minimum atomic E-state index is -0.635. The summed E-state index contributed by atoms with van der Waals surface area (Å²) in [5.74, 6) is 0. The third-order valence-corrected chi connectivity index (χ3v) is 2.50. The highest BCUT2D eigenvalue weighted by molar-refractivity contribution is 5.13. The Bertz CT molecular complexity index is 355. The van der Waals surface area contributed by atoms with Gasteiger partial charge >= 0.3 is 0 Å². The van der Waals surface area contributed by atoms with E-state index in [1.165, 1.54) is 0 Å². The summed E-state index contributed by atoms with van der Waals surface area (Å²) < 4.78 is 11.0. The minimum absolute atomic E-state index is 0.264. The first-order valence-corrected chi connectivity index (χ1v) is 5.48.